The van der Waals surface area contributed by atoms with Gasteiger partial charge < -0.3 is 4.90 Å². The molecule has 1 saturated carbocycles. The smallest absolute Gasteiger partial charge is 0.140 e. The zero-order valence-corrected chi connectivity index (χ0v) is 7.81. The molecule has 0 amide bonds. The van der Waals surface area contributed by atoms with Gasteiger partial charge in [0.05, 0.1) is 0 Å². The molecule has 1 aliphatic heterocycles. The van der Waals surface area contributed by atoms with Crippen molar-refractivity contribution in [1.29, 1.82) is 0 Å². The standard InChI is InChI=1S/C10H17NO/c1-2-11-7-3-5-10(8-11)6-4-9(10)12/h2-8H2,1H3/t10-/m0/s1. The molecule has 1 heterocycles. The van der Waals surface area contributed by atoms with Crippen molar-refractivity contribution >= 4 is 5.78 Å². The van der Waals surface area contributed by atoms with Gasteiger partial charge in [0.15, 0.2) is 0 Å². The van der Waals surface area contributed by atoms with Gasteiger partial charge in [-0.05, 0) is 32.4 Å². The first-order valence-corrected chi connectivity index (χ1v) is 5.02. The zero-order valence-electron chi connectivity index (χ0n) is 7.81. The summed E-state index contributed by atoms with van der Waals surface area (Å²) in [6, 6.07) is 0. The van der Waals surface area contributed by atoms with Crippen LogP contribution in [0.25, 0.3) is 0 Å². The first-order valence-electron chi connectivity index (χ1n) is 5.02. The lowest BCUT2D eigenvalue weighted by Crippen LogP contribution is -2.52. The van der Waals surface area contributed by atoms with Gasteiger partial charge in [-0.2, -0.15) is 0 Å². The van der Waals surface area contributed by atoms with Crippen LogP contribution in [0.5, 0.6) is 0 Å². The summed E-state index contributed by atoms with van der Waals surface area (Å²) in [5, 5.41) is 0. The SMILES string of the molecule is CCN1CCC[C@]2(CCC2=O)C1. The first-order chi connectivity index (χ1) is 5.77. The van der Waals surface area contributed by atoms with Crippen LogP contribution in [0.4, 0.5) is 0 Å². The van der Waals surface area contributed by atoms with Crippen LogP contribution in [0.3, 0.4) is 0 Å². The number of ketones is 1. The molecule has 68 valence electrons. The van der Waals surface area contributed by atoms with Crippen LogP contribution in [0.1, 0.15) is 32.6 Å². The number of nitrogens with zero attached hydrogens (tertiary/aromatic N) is 1. The molecule has 1 saturated heterocycles. The summed E-state index contributed by atoms with van der Waals surface area (Å²) < 4.78 is 0. The van der Waals surface area contributed by atoms with Gasteiger partial charge in [0, 0.05) is 18.4 Å². The maximum atomic E-state index is 11.4. The van der Waals surface area contributed by atoms with Gasteiger partial charge in [-0.3, -0.25) is 4.79 Å². The van der Waals surface area contributed by atoms with Crippen molar-refractivity contribution in [3.8, 4) is 0 Å². The second-order valence-corrected chi connectivity index (χ2v) is 4.18. The fraction of sp³-hybridized carbons (Fsp3) is 0.900. The van der Waals surface area contributed by atoms with Gasteiger partial charge in [0.1, 0.15) is 5.78 Å². The number of Topliss-reactive ketones (excluding diaryl/α,β-unsaturated/α-hetero) is 1. The summed E-state index contributed by atoms with van der Waals surface area (Å²) in [4.78, 5) is 13.9. The number of carbonyl (C=O) groups is 1. The van der Waals surface area contributed by atoms with Crippen molar-refractivity contribution in [1.82, 2.24) is 4.90 Å². The molecule has 2 rings (SSSR count). The molecule has 2 aliphatic rings. The van der Waals surface area contributed by atoms with Crippen molar-refractivity contribution in [3.05, 3.63) is 0 Å². The van der Waals surface area contributed by atoms with Gasteiger partial charge >= 0.3 is 0 Å². The van der Waals surface area contributed by atoms with Crippen molar-refractivity contribution in [3.63, 3.8) is 0 Å². The molecule has 0 aromatic rings. The number of hydrogen-bond acceptors (Lipinski definition) is 2. The van der Waals surface area contributed by atoms with Crippen molar-refractivity contribution in [2.24, 2.45) is 5.41 Å². The monoisotopic (exact) mass is 167 g/mol. The summed E-state index contributed by atoms with van der Waals surface area (Å²) in [5.41, 5.74) is 0.119. The Bertz CT molecular complexity index is 202. The Morgan fingerprint density at radius 3 is 2.83 bits per heavy atom. The zero-order chi connectivity index (χ0) is 8.60. The molecule has 2 nitrogen and oxygen atoms in total. The van der Waals surface area contributed by atoms with Gasteiger partial charge in [-0.1, -0.05) is 6.92 Å². The van der Waals surface area contributed by atoms with Gasteiger partial charge in [0.2, 0.25) is 0 Å². The summed E-state index contributed by atoms with van der Waals surface area (Å²) >= 11 is 0. The molecule has 12 heavy (non-hydrogen) atoms. The number of rotatable bonds is 1. The fourth-order valence-electron chi connectivity index (χ4n) is 2.51. The Balaban J connectivity index is 2.02. The normalized spacial score (nSPS) is 36.9. The molecule has 0 radical (unpaired) electrons. The average Bonchev–Trinajstić information content (AvgIpc) is 2.15. The topological polar surface area (TPSA) is 20.3 Å². The second kappa shape index (κ2) is 2.84. The molecule has 2 fully saturated rings. The highest BCUT2D eigenvalue weighted by Gasteiger charge is 2.47. The molecule has 2 heteroatoms. The van der Waals surface area contributed by atoms with Crippen LogP contribution >= 0.6 is 0 Å². The van der Waals surface area contributed by atoms with E-state index >= 15 is 0 Å². The molecule has 0 aromatic heterocycles. The Kier molecular flexibility index (Phi) is 1.95. The van der Waals surface area contributed by atoms with E-state index in [2.05, 4.69) is 11.8 Å². The van der Waals surface area contributed by atoms with Crippen LogP contribution in [0.2, 0.25) is 0 Å². The van der Waals surface area contributed by atoms with E-state index in [1.807, 2.05) is 0 Å². The van der Waals surface area contributed by atoms with E-state index in [9.17, 15) is 4.79 Å². The Morgan fingerprint density at radius 2 is 2.33 bits per heavy atom. The third-order valence-corrected chi connectivity index (χ3v) is 3.53. The molecule has 1 spiro atoms. The minimum atomic E-state index is 0.119. The van der Waals surface area contributed by atoms with Crippen LogP contribution in [-0.4, -0.2) is 30.3 Å². The van der Waals surface area contributed by atoms with Crippen LogP contribution in [-0.2, 0) is 4.79 Å². The molecule has 0 bridgehead atoms. The molecular weight excluding hydrogens is 150 g/mol. The molecule has 1 aliphatic carbocycles. The van der Waals surface area contributed by atoms with Crippen LogP contribution < -0.4 is 0 Å². The molecular formula is C10H17NO. The highest BCUT2D eigenvalue weighted by Crippen LogP contribution is 2.44. The third-order valence-electron chi connectivity index (χ3n) is 3.53. The van der Waals surface area contributed by atoms with Crippen LogP contribution in [0.15, 0.2) is 0 Å². The lowest BCUT2D eigenvalue weighted by molar-refractivity contribution is -0.142. The molecule has 0 unspecified atom stereocenters. The van der Waals surface area contributed by atoms with Gasteiger partial charge in [0.25, 0.3) is 0 Å². The number of piperidine rings is 1. The maximum Gasteiger partial charge on any atom is 0.140 e. The Morgan fingerprint density at radius 1 is 1.50 bits per heavy atom. The van der Waals surface area contributed by atoms with Crippen molar-refractivity contribution < 1.29 is 4.79 Å². The van der Waals surface area contributed by atoms with E-state index in [0.29, 0.717) is 5.78 Å². The first kappa shape index (κ1) is 8.24. The quantitative estimate of drug-likeness (QED) is 0.589. The molecule has 1 atom stereocenters. The average molecular weight is 167 g/mol. The van der Waals surface area contributed by atoms with Crippen molar-refractivity contribution in [2.75, 3.05) is 19.6 Å². The minimum Gasteiger partial charge on any atom is -0.303 e. The number of likely N-dealkylation sites (tertiary alicyclic amines) is 1. The predicted molar refractivity (Wildman–Crippen MR) is 48.0 cm³/mol. The Hall–Kier alpha value is -0.370. The fourth-order valence-corrected chi connectivity index (χ4v) is 2.51. The van der Waals surface area contributed by atoms with Gasteiger partial charge in [-0.15, -0.1) is 0 Å². The second-order valence-electron chi connectivity index (χ2n) is 4.18. The summed E-state index contributed by atoms with van der Waals surface area (Å²) in [7, 11) is 0. The maximum absolute atomic E-state index is 11.4. The molecule has 0 N–H and O–H groups in total. The summed E-state index contributed by atoms with van der Waals surface area (Å²) in [6.45, 7) is 5.53. The van der Waals surface area contributed by atoms with E-state index in [0.717, 1.165) is 32.4 Å². The Labute approximate surface area is 73.9 Å². The van der Waals surface area contributed by atoms with E-state index in [-0.39, 0.29) is 5.41 Å². The highest BCUT2D eigenvalue weighted by atomic mass is 16.1. The van der Waals surface area contributed by atoms with Crippen molar-refractivity contribution in [2.45, 2.75) is 32.6 Å². The minimum absolute atomic E-state index is 0.119. The third kappa shape index (κ3) is 1.09. The number of hydrogen-bond donors (Lipinski definition) is 0. The lowest BCUT2D eigenvalue weighted by Gasteiger charge is -2.47. The predicted octanol–water partition coefficient (Wildman–Crippen LogP) is 1.45. The molecule has 0 aromatic carbocycles. The van der Waals surface area contributed by atoms with E-state index in [1.165, 1.54) is 13.0 Å². The van der Waals surface area contributed by atoms with Gasteiger partial charge in [-0.25, -0.2) is 0 Å². The largest absolute Gasteiger partial charge is 0.303 e. The summed E-state index contributed by atoms with van der Waals surface area (Å²) in [5.74, 6) is 0.528. The highest BCUT2D eigenvalue weighted by molar-refractivity contribution is 5.90. The van der Waals surface area contributed by atoms with Crippen LogP contribution in [0, 0.1) is 5.41 Å². The van der Waals surface area contributed by atoms with E-state index in [1.54, 1.807) is 0 Å². The van der Waals surface area contributed by atoms with E-state index < -0.39 is 0 Å². The lowest BCUT2D eigenvalue weighted by atomic mass is 9.63. The van der Waals surface area contributed by atoms with E-state index in [4.69, 9.17) is 0 Å². The summed E-state index contributed by atoms with van der Waals surface area (Å²) in [6.07, 6.45) is 4.38. The number of carbonyl (C=O) groups excluding carboxylic acids is 1.